The van der Waals surface area contributed by atoms with Crippen molar-refractivity contribution in [3.63, 3.8) is 0 Å². The fourth-order valence-electron chi connectivity index (χ4n) is 3.26. The summed E-state index contributed by atoms with van der Waals surface area (Å²) in [4.78, 5) is 23.7. The van der Waals surface area contributed by atoms with Gasteiger partial charge in [0.25, 0.3) is 15.9 Å². The molecule has 0 unspecified atom stereocenters. The van der Waals surface area contributed by atoms with E-state index in [1.54, 1.807) is 54.6 Å². The normalized spacial score (nSPS) is 11.3. The highest BCUT2D eigenvalue weighted by molar-refractivity contribution is 7.92. The molecular formula is C25H25N3O5S. The van der Waals surface area contributed by atoms with E-state index in [2.05, 4.69) is 10.5 Å². The van der Waals surface area contributed by atoms with Gasteiger partial charge in [0.1, 0.15) is 12.3 Å². The van der Waals surface area contributed by atoms with Gasteiger partial charge in [-0.1, -0.05) is 24.3 Å². The van der Waals surface area contributed by atoms with Gasteiger partial charge in [-0.05, 0) is 79.1 Å². The number of rotatable bonds is 8. The number of nitrogens with zero attached hydrogens (tertiary/aromatic N) is 2. The molecule has 0 aliphatic rings. The van der Waals surface area contributed by atoms with E-state index in [-0.39, 0.29) is 4.90 Å². The van der Waals surface area contributed by atoms with Crippen molar-refractivity contribution >= 4 is 33.8 Å². The van der Waals surface area contributed by atoms with E-state index in [0.29, 0.717) is 17.0 Å². The lowest BCUT2D eigenvalue weighted by Crippen LogP contribution is -2.39. The second-order valence-corrected chi connectivity index (χ2v) is 9.49. The first-order valence-electron chi connectivity index (χ1n) is 10.4. The van der Waals surface area contributed by atoms with Crippen LogP contribution in [-0.4, -0.2) is 33.1 Å². The van der Waals surface area contributed by atoms with Crippen molar-refractivity contribution in [2.24, 2.45) is 5.10 Å². The van der Waals surface area contributed by atoms with Crippen LogP contribution in [0.1, 0.15) is 23.6 Å². The van der Waals surface area contributed by atoms with Crippen molar-refractivity contribution in [1.29, 1.82) is 0 Å². The lowest BCUT2D eigenvalue weighted by molar-refractivity contribution is -0.131. The van der Waals surface area contributed by atoms with Crippen molar-refractivity contribution in [2.75, 3.05) is 10.8 Å². The zero-order valence-corrected chi connectivity index (χ0v) is 19.9. The first kappa shape index (κ1) is 24.7. The molecule has 0 fully saturated rings. The molecule has 0 aliphatic carbocycles. The first-order chi connectivity index (χ1) is 16.1. The van der Waals surface area contributed by atoms with Crippen LogP contribution in [0.15, 0.2) is 82.8 Å². The van der Waals surface area contributed by atoms with Crippen molar-refractivity contribution in [2.45, 2.75) is 25.7 Å². The number of carbonyl (C=O) groups is 2. The largest absolute Gasteiger partial charge is 0.427 e. The minimum Gasteiger partial charge on any atom is -0.427 e. The Morgan fingerprint density at radius 3 is 2.18 bits per heavy atom. The fraction of sp³-hybridized carbons (Fsp3) is 0.160. The summed E-state index contributed by atoms with van der Waals surface area (Å²) in [7, 11) is -4.00. The summed E-state index contributed by atoms with van der Waals surface area (Å²) in [6.45, 7) is 4.58. The van der Waals surface area contributed by atoms with Crippen LogP contribution >= 0.6 is 0 Å². The van der Waals surface area contributed by atoms with Gasteiger partial charge in [-0.2, -0.15) is 5.10 Å². The zero-order valence-electron chi connectivity index (χ0n) is 19.1. The maximum absolute atomic E-state index is 13.4. The predicted molar refractivity (Wildman–Crippen MR) is 130 cm³/mol. The summed E-state index contributed by atoms with van der Waals surface area (Å²) in [6.07, 6.45) is 1.41. The number of hydrogen-bond donors (Lipinski definition) is 1. The smallest absolute Gasteiger partial charge is 0.308 e. The number of ether oxygens (including phenoxy) is 1. The second kappa shape index (κ2) is 10.8. The minimum atomic E-state index is -4.00. The quantitative estimate of drug-likeness (QED) is 0.230. The van der Waals surface area contributed by atoms with E-state index in [0.717, 1.165) is 15.4 Å². The third-order valence-corrected chi connectivity index (χ3v) is 6.45. The molecule has 3 aromatic carbocycles. The van der Waals surface area contributed by atoms with Gasteiger partial charge in [-0.15, -0.1) is 0 Å². The second-order valence-electron chi connectivity index (χ2n) is 7.63. The molecule has 9 heteroatoms. The van der Waals surface area contributed by atoms with Crippen molar-refractivity contribution < 1.29 is 22.7 Å². The van der Waals surface area contributed by atoms with Crippen LogP contribution in [0.3, 0.4) is 0 Å². The summed E-state index contributed by atoms with van der Waals surface area (Å²) >= 11 is 0. The molecule has 3 aromatic rings. The number of nitrogens with one attached hydrogen (secondary N) is 1. The summed E-state index contributed by atoms with van der Waals surface area (Å²) < 4.78 is 32.8. The van der Waals surface area contributed by atoms with E-state index in [1.807, 2.05) is 19.9 Å². The molecule has 3 rings (SSSR count). The molecule has 1 amide bonds. The van der Waals surface area contributed by atoms with Crippen LogP contribution < -0.4 is 14.5 Å². The highest BCUT2D eigenvalue weighted by atomic mass is 32.2. The third kappa shape index (κ3) is 6.52. The highest BCUT2D eigenvalue weighted by Gasteiger charge is 2.27. The van der Waals surface area contributed by atoms with Crippen molar-refractivity contribution in [1.82, 2.24) is 5.43 Å². The van der Waals surface area contributed by atoms with Crippen LogP contribution in [0.2, 0.25) is 0 Å². The predicted octanol–water partition coefficient (Wildman–Crippen LogP) is 3.57. The molecule has 0 saturated heterocycles. The molecular weight excluding hydrogens is 454 g/mol. The Morgan fingerprint density at radius 1 is 0.971 bits per heavy atom. The van der Waals surface area contributed by atoms with Crippen molar-refractivity contribution in [3.05, 3.63) is 89.5 Å². The maximum Gasteiger partial charge on any atom is 0.308 e. The highest BCUT2D eigenvalue weighted by Crippen LogP contribution is 2.25. The molecule has 0 heterocycles. The molecule has 0 saturated carbocycles. The number of hydrazone groups is 1. The molecule has 0 spiro atoms. The maximum atomic E-state index is 13.4. The summed E-state index contributed by atoms with van der Waals surface area (Å²) in [5.74, 6) is -0.636. The number of sulfonamides is 1. The average molecular weight is 480 g/mol. The van der Waals surface area contributed by atoms with Gasteiger partial charge >= 0.3 is 5.97 Å². The first-order valence-corrected chi connectivity index (χ1v) is 11.9. The summed E-state index contributed by atoms with van der Waals surface area (Å²) in [6, 6.07) is 19.8. The van der Waals surface area contributed by atoms with Gasteiger partial charge in [0.05, 0.1) is 16.8 Å². The molecule has 0 bridgehead atoms. The van der Waals surface area contributed by atoms with E-state index in [1.165, 1.54) is 25.3 Å². The van der Waals surface area contributed by atoms with Gasteiger partial charge < -0.3 is 4.74 Å². The van der Waals surface area contributed by atoms with Crippen LogP contribution in [-0.2, 0) is 19.6 Å². The Kier molecular flexibility index (Phi) is 7.80. The molecule has 8 nitrogen and oxygen atoms in total. The van der Waals surface area contributed by atoms with E-state index < -0.39 is 28.4 Å². The van der Waals surface area contributed by atoms with Crippen LogP contribution in [0.25, 0.3) is 0 Å². The fourth-order valence-corrected chi connectivity index (χ4v) is 4.69. The number of amides is 1. The van der Waals surface area contributed by atoms with Gasteiger partial charge in [0.2, 0.25) is 0 Å². The monoisotopic (exact) mass is 479 g/mol. The minimum absolute atomic E-state index is 0.0818. The van der Waals surface area contributed by atoms with Crippen LogP contribution in [0.5, 0.6) is 5.75 Å². The summed E-state index contributed by atoms with van der Waals surface area (Å²) in [5, 5.41) is 3.91. The Labute approximate surface area is 198 Å². The van der Waals surface area contributed by atoms with E-state index >= 15 is 0 Å². The topological polar surface area (TPSA) is 105 Å². The Balaban J connectivity index is 1.79. The van der Waals surface area contributed by atoms with Gasteiger partial charge in [-0.25, -0.2) is 13.8 Å². The lowest BCUT2D eigenvalue weighted by Gasteiger charge is -2.24. The molecule has 1 N–H and O–H groups in total. The zero-order chi connectivity index (χ0) is 24.7. The number of esters is 1. The average Bonchev–Trinajstić information content (AvgIpc) is 2.78. The van der Waals surface area contributed by atoms with E-state index in [4.69, 9.17) is 4.74 Å². The molecule has 34 heavy (non-hydrogen) atoms. The third-order valence-electron chi connectivity index (χ3n) is 4.66. The Morgan fingerprint density at radius 2 is 1.59 bits per heavy atom. The van der Waals surface area contributed by atoms with Crippen LogP contribution in [0, 0.1) is 13.8 Å². The SMILES string of the molecule is CC(=O)Oc1ccc(C=NNC(=O)CN(c2cc(C)cc(C)c2)S(=O)(=O)c2ccccc2)cc1. The molecule has 0 aromatic heterocycles. The molecule has 0 atom stereocenters. The molecule has 176 valence electrons. The van der Waals surface area contributed by atoms with Gasteiger partial charge in [0, 0.05) is 6.92 Å². The Bertz CT molecular complexity index is 1280. The number of carbonyl (C=O) groups excluding carboxylic acids is 2. The Hall–Kier alpha value is -3.98. The van der Waals surface area contributed by atoms with Crippen LogP contribution in [0.4, 0.5) is 5.69 Å². The number of benzene rings is 3. The van der Waals surface area contributed by atoms with Gasteiger partial charge in [-0.3, -0.25) is 13.9 Å². The number of hydrogen-bond acceptors (Lipinski definition) is 6. The van der Waals surface area contributed by atoms with Crippen molar-refractivity contribution in [3.8, 4) is 5.75 Å². The van der Waals surface area contributed by atoms with E-state index in [9.17, 15) is 18.0 Å². The number of aryl methyl sites for hydroxylation is 2. The summed E-state index contributed by atoms with van der Waals surface area (Å²) in [5.41, 5.74) is 5.16. The number of anilines is 1. The molecule has 0 radical (unpaired) electrons. The lowest BCUT2D eigenvalue weighted by atomic mass is 10.1. The standard InChI is InChI=1S/C25H25N3O5S/c1-18-13-19(2)15-22(14-18)28(34(31,32)24-7-5-4-6-8-24)17-25(30)27-26-16-21-9-11-23(12-10-21)33-20(3)29/h4-16H,17H2,1-3H3,(H,27,30). The molecule has 0 aliphatic heterocycles. The van der Waals surface area contributed by atoms with Gasteiger partial charge in [0.15, 0.2) is 0 Å².